The van der Waals surface area contributed by atoms with Crippen molar-refractivity contribution in [2.75, 3.05) is 56.2 Å². The van der Waals surface area contributed by atoms with Crippen molar-refractivity contribution >= 4 is 23.3 Å². The minimum Gasteiger partial charge on any atom is -0.382 e. The minimum atomic E-state index is -0.139. The highest BCUT2D eigenvalue weighted by molar-refractivity contribution is 5.98. The fraction of sp³-hybridized carbons (Fsp3) is 0.480. The molecule has 2 heterocycles. The summed E-state index contributed by atoms with van der Waals surface area (Å²) < 4.78 is 5.27. The molecule has 1 aromatic heterocycles. The standard InChI is InChI=1S/C25H35N5O3/c1-4-33-18-6-13-27-24(31)20-8-10-21(11-9-20)25(32)30-16-14-29(15-17-30)23-22(28-19(2)3)7-5-12-26-23/h5,7-12,19,28H,4,6,13-18H2,1-3H3,(H,27,31). The Morgan fingerprint density at radius 1 is 1.06 bits per heavy atom. The first-order chi connectivity index (χ1) is 16.0. The molecule has 0 aliphatic carbocycles. The van der Waals surface area contributed by atoms with E-state index in [1.807, 2.05) is 24.0 Å². The van der Waals surface area contributed by atoms with Gasteiger partial charge >= 0.3 is 0 Å². The lowest BCUT2D eigenvalue weighted by atomic mass is 10.1. The van der Waals surface area contributed by atoms with Crippen LogP contribution in [0.5, 0.6) is 0 Å². The lowest BCUT2D eigenvalue weighted by Gasteiger charge is -2.36. The van der Waals surface area contributed by atoms with Gasteiger partial charge in [-0.3, -0.25) is 9.59 Å². The van der Waals surface area contributed by atoms with Crippen molar-refractivity contribution in [2.45, 2.75) is 33.2 Å². The largest absolute Gasteiger partial charge is 0.382 e. The molecule has 1 fully saturated rings. The van der Waals surface area contributed by atoms with Gasteiger partial charge in [0.25, 0.3) is 11.8 Å². The molecule has 0 atom stereocenters. The predicted octanol–water partition coefficient (Wildman–Crippen LogP) is 3.02. The average Bonchev–Trinajstić information content (AvgIpc) is 2.83. The second-order valence-corrected chi connectivity index (χ2v) is 8.34. The Balaban J connectivity index is 1.52. The van der Waals surface area contributed by atoms with E-state index in [0.717, 1.165) is 31.0 Å². The fourth-order valence-electron chi connectivity index (χ4n) is 3.76. The van der Waals surface area contributed by atoms with E-state index in [2.05, 4.69) is 34.4 Å². The summed E-state index contributed by atoms with van der Waals surface area (Å²) in [6.45, 7) is 10.7. The molecule has 0 saturated carbocycles. The van der Waals surface area contributed by atoms with E-state index >= 15 is 0 Å². The zero-order valence-corrected chi connectivity index (χ0v) is 19.8. The molecular weight excluding hydrogens is 418 g/mol. The van der Waals surface area contributed by atoms with E-state index in [0.29, 0.717) is 50.0 Å². The number of nitrogens with one attached hydrogen (secondary N) is 2. The van der Waals surface area contributed by atoms with Gasteiger partial charge in [0.05, 0.1) is 5.69 Å². The highest BCUT2D eigenvalue weighted by Crippen LogP contribution is 2.25. The van der Waals surface area contributed by atoms with Crippen LogP contribution in [0, 0.1) is 0 Å². The number of hydrogen-bond acceptors (Lipinski definition) is 6. The Morgan fingerprint density at radius 2 is 1.76 bits per heavy atom. The summed E-state index contributed by atoms with van der Waals surface area (Å²) in [7, 11) is 0. The van der Waals surface area contributed by atoms with Crippen LogP contribution in [0.2, 0.25) is 0 Å². The van der Waals surface area contributed by atoms with Crippen molar-refractivity contribution in [3.05, 3.63) is 53.7 Å². The van der Waals surface area contributed by atoms with Gasteiger partial charge < -0.3 is 25.2 Å². The number of pyridine rings is 1. The number of carbonyl (C=O) groups excluding carboxylic acids is 2. The van der Waals surface area contributed by atoms with Gasteiger partial charge in [-0.2, -0.15) is 0 Å². The SMILES string of the molecule is CCOCCCNC(=O)c1ccc(C(=O)N2CCN(c3ncccc3NC(C)C)CC2)cc1. The molecule has 3 rings (SSSR count). The van der Waals surface area contributed by atoms with Crippen LogP contribution in [0.25, 0.3) is 0 Å². The van der Waals surface area contributed by atoms with Crippen molar-refractivity contribution in [2.24, 2.45) is 0 Å². The van der Waals surface area contributed by atoms with Crippen molar-refractivity contribution in [1.82, 2.24) is 15.2 Å². The molecule has 33 heavy (non-hydrogen) atoms. The smallest absolute Gasteiger partial charge is 0.253 e. The topological polar surface area (TPSA) is 86.8 Å². The number of rotatable bonds is 10. The Bertz CT molecular complexity index is 909. The molecule has 1 aliphatic rings. The molecule has 0 unspecified atom stereocenters. The molecule has 2 N–H and O–H groups in total. The maximum absolute atomic E-state index is 13.0. The van der Waals surface area contributed by atoms with E-state index in [1.54, 1.807) is 30.5 Å². The average molecular weight is 454 g/mol. The van der Waals surface area contributed by atoms with E-state index in [1.165, 1.54) is 0 Å². The van der Waals surface area contributed by atoms with Gasteiger partial charge in [0, 0.05) is 69.3 Å². The van der Waals surface area contributed by atoms with Crippen LogP contribution in [0.15, 0.2) is 42.6 Å². The third-order valence-electron chi connectivity index (χ3n) is 5.45. The van der Waals surface area contributed by atoms with E-state index < -0.39 is 0 Å². The summed E-state index contributed by atoms with van der Waals surface area (Å²) in [5, 5.41) is 6.32. The molecule has 0 spiro atoms. The lowest BCUT2D eigenvalue weighted by Crippen LogP contribution is -2.49. The second kappa shape index (κ2) is 12.2. The first-order valence-electron chi connectivity index (χ1n) is 11.7. The summed E-state index contributed by atoms with van der Waals surface area (Å²) in [5.74, 6) is 0.773. The Kier molecular flexibility index (Phi) is 9.06. The number of benzene rings is 1. The van der Waals surface area contributed by atoms with Crippen LogP contribution in [0.4, 0.5) is 11.5 Å². The van der Waals surface area contributed by atoms with Crippen LogP contribution < -0.4 is 15.5 Å². The van der Waals surface area contributed by atoms with Crippen molar-refractivity contribution < 1.29 is 14.3 Å². The molecule has 1 aromatic carbocycles. The first kappa shape index (κ1) is 24.5. The molecular formula is C25H35N5O3. The highest BCUT2D eigenvalue weighted by Gasteiger charge is 2.24. The number of ether oxygens (including phenoxy) is 1. The van der Waals surface area contributed by atoms with Gasteiger partial charge in [0.2, 0.25) is 0 Å². The number of piperazine rings is 1. The summed E-state index contributed by atoms with van der Waals surface area (Å²) in [4.78, 5) is 33.9. The maximum atomic E-state index is 13.0. The highest BCUT2D eigenvalue weighted by atomic mass is 16.5. The number of hydrogen-bond donors (Lipinski definition) is 2. The van der Waals surface area contributed by atoms with Crippen LogP contribution >= 0.6 is 0 Å². The van der Waals surface area contributed by atoms with Crippen LogP contribution in [0.1, 0.15) is 47.9 Å². The van der Waals surface area contributed by atoms with E-state index in [4.69, 9.17) is 4.74 Å². The zero-order valence-electron chi connectivity index (χ0n) is 19.8. The van der Waals surface area contributed by atoms with E-state index in [-0.39, 0.29) is 11.8 Å². The van der Waals surface area contributed by atoms with Crippen molar-refractivity contribution in [3.63, 3.8) is 0 Å². The Morgan fingerprint density at radius 3 is 2.42 bits per heavy atom. The molecule has 1 aliphatic heterocycles. The number of carbonyl (C=O) groups is 2. The summed E-state index contributed by atoms with van der Waals surface area (Å²) in [5.41, 5.74) is 2.16. The third-order valence-corrected chi connectivity index (χ3v) is 5.45. The maximum Gasteiger partial charge on any atom is 0.253 e. The van der Waals surface area contributed by atoms with Gasteiger partial charge in [0.15, 0.2) is 5.82 Å². The second-order valence-electron chi connectivity index (χ2n) is 8.34. The van der Waals surface area contributed by atoms with Gasteiger partial charge in [0.1, 0.15) is 0 Å². The molecule has 0 radical (unpaired) electrons. The number of nitrogens with zero attached hydrogens (tertiary/aromatic N) is 3. The number of amides is 2. The first-order valence-corrected chi connectivity index (χ1v) is 11.7. The molecule has 8 nitrogen and oxygen atoms in total. The molecule has 0 bridgehead atoms. The van der Waals surface area contributed by atoms with Crippen molar-refractivity contribution in [3.8, 4) is 0 Å². The summed E-state index contributed by atoms with van der Waals surface area (Å²) >= 11 is 0. The predicted molar refractivity (Wildman–Crippen MR) is 131 cm³/mol. The van der Waals surface area contributed by atoms with Crippen LogP contribution in [-0.2, 0) is 4.74 Å². The Labute approximate surface area is 196 Å². The summed E-state index contributed by atoms with van der Waals surface area (Å²) in [6, 6.07) is 11.2. The molecule has 8 heteroatoms. The van der Waals surface area contributed by atoms with Gasteiger partial charge in [-0.25, -0.2) is 4.98 Å². The molecule has 178 valence electrons. The number of aromatic nitrogens is 1. The molecule has 2 amide bonds. The molecule has 2 aromatic rings. The van der Waals surface area contributed by atoms with Gasteiger partial charge in [-0.1, -0.05) is 0 Å². The monoisotopic (exact) mass is 453 g/mol. The zero-order chi connectivity index (χ0) is 23.6. The fourth-order valence-corrected chi connectivity index (χ4v) is 3.76. The summed E-state index contributed by atoms with van der Waals surface area (Å²) in [6.07, 6.45) is 2.57. The Hall–Kier alpha value is -3.13. The number of anilines is 2. The van der Waals surface area contributed by atoms with Gasteiger partial charge in [-0.15, -0.1) is 0 Å². The van der Waals surface area contributed by atoms with Crippen molar-refractivity contribution in [1.29, 1.82) is 0 Å². The van der Waals surface area contributed by atoms with Crippen LogP contribution in [-0.4, -0.2) is 73.7 Å². The normalized spacial score (nSPS) is 13.8. The van der Waals surface area contributed by atoms with Gasteiger partial charge in [-0.05, 0) is 63.6 Å². The molecule has 1 saturated heterocycles. The van der Waals surface area contributed by atoms with Crippen LogP contribution in [0.3, 0.4) is 0 Å². The lowest BCUT2D eigenvalue weighted by molar-refractivity contribution is 0.0746. The minimum absolute atomic E-state index is 0.0140. The van der Waals surface area contributed by atoms with E-state index in [9.17, 15) is 9.59 Å². The quantitative estimate of drug-likeness (QED) is 0.538. The third kappa shape index (κ3) is 6.92.